The molecule has 0 aliphatic carbocycles. The number of carbonyl (C=O) groups is 1. The Kier molecular flexibility index (Phi) is 4.97. The number of aromatic nitrogens is 1. The third kappa shape index (κ3) is 3.63. The molecule has 1 unspecified atom stereocenters. The molecule has 0 N–H and O–H groups in total. The molecule has 132 valence electrons. The van der Waals surface area contributed by atoms with Gasteiger partial charge in [0, 0.05) is 24.5 Å². The van der Waals surface area contributed by atoms with E-state index >= 15 is 0 Å². The van der Waals surface area contributed by atoms with Gasteiger partial charge in [0.1, 0.15) is 6.10 Å². The van der Waals surface area contributed by atoms with Gasteiger partial charge in [-0.15, -0.1) is 0 Å². The average molecular weight is 364 g/mol. The Labute approximate surface area is 157 Å². The highest BCUT2D eigenvalue weighted by Crippen LogP contribution is 2.29. The van der Waals surface area contributed by atoms with E-state index in [-0.39, 0.29) is 17.9 Å². The van der Waals surface area contributed by atoms with Crippen LogP contribution >= 0.6 is 11.3 Å². The minimum Gasteiger partial charge on any atom is -0.465 e. The summed E-state index contributed by atoms with van der Waals surface area (Å²) >= 11 is 1.48. The van der Waals surface area contributed by atoms with Crippen molar-refractivity contribution in [2.45, 2.75) is 18.4 Å². The van der Waals surface area contributed by atoms with E-state index in [1.807, 2.05) is 70.9 Å². The first kappa shape index (κ1) is 16.8. The number of benzene rings is 2. The van der Waals surface area contributed by atoms with Gasteiger partial charge in [0.05, 0.1) is 12.5 Å². The van der Waals surface area contributed by atoms with E-state index < -0.39 is 0 Å². The zero-order valence-electron chi connectivity index (χ0n) is 14.3. The Hall–Kier alpha value is -2.66. The first-order chi connectivity index (χ1) is 12.8. The molecule has 0 bridgehead atoms. The molecule has 1 aliphatic rings. The van der Waals surface area contributed by atoms with Gasteiger partial charge >= 0.3 is 0 Å². The molecule has 2 heterocycles. The van der Waals surface area contributed by atoms with Crippen LogP contribution in [0, 0.1) is 0 Å². The van der Waals surface area contributed by atoms with Crippen molar-refractivity contribution in [3.63, 3.8) is 0 Å². The average Bonchev–Trinajstić information content (AvgIpc) is 3.36. The van der Waals surface area contributed by atoms with Crippen LogP contribution < -0.4 is 4.74 Å². The second-order valence-electron chi connectivity index (χ2n) is 6.37. The number of amides is 1. The fraction of sp³-hybridized carbons (Fsp3) is 0.238. The van der Waals surface area contributed by atoms with Gasteiger partial charge in [0.25, 0.3) is 5.19 Å². The maximum Gasteiger partial charge on any atom is 0.273 e. The minimum absolute atomic E-state index is 0.0114. The summed E-state index contributed by atoms with van der Waals surface area (Å²) in [5.41, 5.74) is 2.04. The minimum atomic E-state index is -0.281. The van der Waals surface area contributed by atoms with Gasteiger partial charge in [0.2, 0.25) is 5.91 Å². The van der Waals surface area contributed by atoms with Crippen molar-refractivity contribution in [3.05, 3.63) is 83.4 Å². The lowest BCUT2D eigenvalue weighted by molar-refractivity contribution is -0.131. The highest BCUT2D eigenvalue weighted by molar-refractivity contribution is 7.11. The molecule has 1 amide bonds. The predicted molar refractivity (Wildman–Crippen MR) is 102 cm³/mol. The topological polar surface area (TPSA) is 42.4 Å². The van der Waals surface area contributed by atoms with Gasteiger partial charge in [-0.05, 0) is 11.1 Å². The number of carbonyl (C=O) groups excluding carboxylic acids is 1. The Morgan fingerprint density at radius 3 is 2.31 bits per heavy atom. The summed E-state index contributed by atoms with van der Waals surface area (Å²) < 4.78 is 5.90. The van der Waals surface area contributed by atoms with Gasteiger partial charge in [-0.25, -0.2) is 4.98 Å². The fourth-order valence-electron chi connectivity index (χ4n) is 3.39. The number of hydrogen-bond donors (Lipinski definition) is 0. The monoisotopic (exact) mass is 364 g/mol. The quantitative estimate of drug-likeness (QED) is 0.688. The van der Waals surface area contributed by atoms with Gasteiger partial charge in [-0.2, -0.15) is 0 Å². The van der Waals surface area contributed by atoms with E-state index in [2.05, 4.69) is 4.98 Å². The standard InChI is InChI=1S/C21H20N2O2S/c24-20(23-13-11-18(15-23)25-21-22-12-14-26-21)19(16-7-3-1-4-8-16)17-9-5-2-6-10-17/h1-10,12,14,18-19H,11,13,15H2. The first-order valence-electron chi connectivity index (χ1n) is 8.76. The zero-order chi connectivity index (χ0) is 17.8. The van der Waals surface area contributed by atoms with Crippen LogP contribution in [0.25, 0.3) is 0 Å². The first-order valence-corrected chi connectivity index (χ1v) is 9.64. The molecule has 26 heavy (non-hydrogen) atoms. The molecule has 1 fully saturated rings. The highest BCUT2D eigenvalue weighted by atomic mass is 32.1. The van der Waals surface area contributed by atoms with Crippen molar-refractivity contribution in [1.82, 2.24) is 9.88 Å². The lowest BCUT2D eigenvalue weighted by Crippen LogP contribution is -2.35. The van der Waals surface area contributed by atoms with Crippen molar-refractivity contribution < 1.29 is 9.53 Å². The van der Waals surface area contributed by atoms with Crippen molar-refractivity contribution in [2.75, 3.05) is 13.1 Å². The van der Waals surface area contributed by atoms with Crippen molar-refractivity contribution in [3.8, 4) is 5.19 Å². The molecule has 2 aromatic carbocycles. The molecule has 1 saturated heterocycles. The third-order valence-corrected chi connectivity index (χ3v) is 5.31. The molecule has 0 saturated carbocycles. The van der Waals surface area contributed by atoms with Gasteiger partial charge in [-0.1, -0.05) is 72.0 Å². The second kappa shape index (κ2) is 7.70. The van der Waals surface area contributed by atoms with E-state index in [0.29, 0.717) is 18.3 Å². The van der Waals surface area contributed by atoms with Gasteiger partial charge in [0.15, 0.2) is 0 Å². The molecule has 0 radical (unpaired) electrons. The predicted octanol–water partition coefficient (Wildman–Crippen LogP) is 3.95. The lowest BCUT2D eigenvalue weighted by Gasteiger charge is -2.24. The van der Waals surface area contributed by atoms with E-state index in [1.54, 1.807) is 6.20 Å². The van der Waals surface area contributed by atoms with Crippen LogP contribution in [0.3, 0.4) is 0 Å². The van der Waals surface area contributed by atoms with Gasteiger partial charge in [-0.3, -0.25) is 4.79 Å². The molecular weight excluding hydrogens is 344 g/mol. The van der Waals surface area contributed by atoms with Crippen LogP contribution in [0.5, 0.6) is 5.19 Å². The summed E-state index contributed by atoms with van der Waals surface area (Å²) in [6.07, 6.45) is 2.58. The summed E-state index contributed by atoms with van der Waals surface area (Å²) in [6, 6.07) is 20.0. The van der Waals surface area contributed by atoms with Crippen LogP contribution in [0.4, 0.5) is 0 Å². The summed E-state index contributed by atoms with van der Waals surface area (Å²) in [5.74, 6) is -0.149. The van der Waals surface area contributed by atoms with E-state index in [9.17, 15) is 4.79 Å². The van der Waals surface area contributed by atoms with Crippen LogP contribution in [0.2, 0.25) is 0 Å². The summed E-state index contributed by atoms with van der Waals surface area (Å²) in [6.45, 7) is 1.32. The second-order valence-corrected chi connectivity index (χ2v) is 7.22. The maximum absolute atomic E-state index is 13.4. The van der Waals surface area contributed by atoms with Crippen molar-refractivity contribution in [2.24, 2.45) is 0 Å². The maximum atomic E-state index is 13.4. The van der Waals surface area contributed by atoms with Crippen molar-refractivity contribution >= 4 is 17.2 Å². The number of nitrogens with zero attached hydrogens (tertiary/aromatic N) is 2. The SMILES string of the molecule is O=C(C(c1ccccc1)c1ccccc1)N1CCC(Oc2nccs2)C1. The number of rotatable bonds is 5. The number of hydrogen-bond acceptors (Lipinski definition) is 4. The van der Waals surface area contributed by atoms with Crippen LogP contribution in [-0.4, -0.2) is 35.0 Å². The molecule has 1 atom stereocenters. The summed E-state index contributed by atoms with van der Waals surface area (Å²) in [7, 11) is 0. The lowest BCUT2D eigenvalue weighted by atomic mass is 9.90. The van der Waals surface area contributed by atoms with E-state index in [4.69, 9.17) is 4.74 Å². The molecule has 1 aliphatic heterocycles. The number of ether oxygens (including phenoxy) is 1. The Morgan fingerprint density at radius 2 is 1.73 bits per heavy atom. The fourth-order valence-corrected chi connectivity index (χ4v) is 3.94. The molecular formula is C21H20N2O2S. The zero-order valence-corrected chi connectivity index (χ0v) is 15.1. The molecule has 1 aromatic heterocycles. The van der Waals surface area contributed by atoms with Crippen LogP contribution in [0.1, 0.15) is 23.5 Å². The van der Waals surface area contributed by atoms with Crippen LogP contribution in [-0.2, 0) is 4.79 Å². The van der Waals surface area contributed by atoms with E-state index in [1.165, 1.54) is 11.3 Å². The smallest absolute Gasteiger partial charge is 0.273 e. The Balaban J connectivity index is 1.54. The van der Waals surface area contributed by atoms with Gasteiger partial charge < -0.3 is 9.64 Å². The summed E-state index contributed by atoms with van der Waals surface area (Å²) in [5, 5.41) is 2.57. The normalized spacial score (nSPS) is 16.8. The van der Waals surface area contributed by atoms with Crippen molar-refractivity contribution in [1.29, 1.82) is 0 Å². The molecule has 3 aromatic rings. The Bertz CT molecular complexity index is 797. The molecule has 5 heteroatoms. The highest BCUT2D eigenvalue weighted by Gasteiger charge is 2.33. The number of likely N-dealkylation sites (tertiary alicyclic amines) is 1. The van der Waals surface area contributed by atoms with Crippen LogP contribution in [0.15, 0.2) is 72.2 Å². The number of thiazole rings is 1. The molecule has 4 nitrogen and oxygen atoms in total. The molecule has 0 spiro atoms. The van der Waals surface area contributed by atoms with E-state index in [0.717, 1.165) is 17.5 Å². The summed E-state index contributed by atoms with van der Waals surface area (Å²) in [4.78, 5) is 19.4. The third-order valence-electron chi connectivity index (χ3n) is 4.65. The largest absolute Gasteiger partial charge is 0.465 e. The molecule has 4 rings (SSSR count). The Morgan fingerprint density at radius 1 is 1.08 bits per heavy atom.